The van der Waals surface area contributed by atoms with Crippen LogP contribution in [0.3, 0.4) is 0 Å². The maximum atomic E-state index is 12.6. The van der Waals surface area contributed by atoms with Crippen LogP contribution in [0.4, 0.5) is 0 Å². The van der Waals surface area contributed by atoms with Crippen molar-refractivity contribution >= 4 is 5.91 Å². The molecule has 1 amide bonds. The molecule has 3 aromatic rings. The van der Waals surface area contributed by atoms with Crippen LogP contribution in [0.2, 0.25) is 0 Å². The lowest BCUT2D eigenvalue weighted by Crippen LogP contribution is -2.28. The first-order valence-electron chi connectivity index (χ1n) is 9.88. The second kappa shape index (κ2) is 8.82. The summed E-state index contributed by atoms with van der Waals surface area (Å²) in [6.07, 6.45) is 1.68. The van der Waals surface area contributed by atoms with E-state index in [9.17, 15) is 4.79 Å². The van der Waals surface area contributed by atoms with Gasteiger partial charge in [0.2, 0.25) is 0 Å². The third kappa shape index (κ3) is 4.59. The average Bonchev–Trinajstić information content (AvgIpc) is 3.44. The lowest BCUT2D eigenvalue weighted by Gasteiger charge is -2.16. The Kier molecular flexibility index (Phi) is 5.79. The van der Waals surface area contributed by atoms with Crippen LogP contribution in [-0.2, 0) is 6.42 Å². The summed E-state index contributed by atoms with van der Waals surface area (Å²) in [7, 11) is 1.65. The minimum Gasteiger partial charge on any atom is -0.497 e. The van der Waals surface area contributed by atoms with Gasteiger partial charge in [-0.15, -0.1) is 0 Å². The largest absolute Gasteiger partial charge is 0.497 e. The zero-order valence-corrected chi connectivity index (χ0v) is 16.5. The van der Waals surface area contributed by atoms with Crippen LogP contribution in [-0.4, -0.2) is 47.8 Å². The van der Waals surface area contributed by atoms with Crippen LogP contribution >= 0.6 is 0 Å². The van der Waals surface area contributed by atoms with Gasteiger partial charge in [-0.3, -0.25) is 9.89 Å². The van der Waals surface area contributed by atoms with E-state index in [0.717, 1.165) is 47.8 Å². The first-order valence-corrected chi connectivity index (χ1v) is 9.88. The van der Waals surface area contributed by atoms with Crippen LogP contribution in [0.5, 0.6) is 11.5 Å². The summed E-state index contributed by atoms with van der Waals surface area (Å²) in [6, 6.07) is 19.1. The molecule has 0 aliphatic carbocycles. The van der Waals surface area contributed by atoms with E-state index in [2.05, 4.69) is 16.3 Å². The second-order valence-electron chi connectivity index (χ2n) is 7.19. The van der Waals surface area contributed by atoms with Crippen LogP contribution in [0.25, 0.3) is 0 Å². The van der Waals surface area contributed by atoms with Gasteiger partial charge in [0, 0.05) is 36.7 Å². The van der Waals surface area contributed by atoms with Gasteiger partial charge in [-0.1, -0.05) is 18.2 Å². The Morgan fingerprint density at radius 2 is 1.90 bits per heavy atom. The lowest BCUT2D eigenvalue weighted by molar-refractivity contribution is 0.0790. The fraction of sp³-hybridized carbons (Fsp3) is 0.304. The van der Waals surface area contributed by atoms with Crippen molar-refractivity contribution in [2.75, 3.05) is 26.8 Å². The van der Waals surface area contributed by atoms with Crippen molar-refractivity contribution in [3.63, 3.8) is 0 Å². The van der Waals surface area contributed by atoms with Gasteiger partial charge >= 0.3 is 0 Å². The highest BCUT2D eigenvalue weighted by Gasteiger charge is 2.29. The summed E-state index contributed by atoms with van der Waals surface area (Å²) >= 11 is 0. The number of aromatic amines is 1. The Labute approximate surface area is 170 Å². The number of carbonyl (C=O) groups excluding carboxylic acids is 1. The summed E-state index contributed by atoms with van der Waals surface area (Å²) in [4.78, 5) is 14.5. The minimum absolute atomic E-state index is 0.0942. The molecule has 1 aliphatic heterocycles. The van der Waals surface area contributed by atoms with Gasteiger partial charge in [-0.2, -0.15) is 5.10 Å². The highest BCUT2D eigenvalue weighted by atomic mass is 16.5. The molecule has 0 radical (unpaired) electrons. The third-order valence-electron chi connectivity index (χ3n) is 5.26. The predicted octanol–water partition coefficient (Wildman–Crippen LogP) is 3.67. The molecule has 1 aliphatic rings. The molecule has 0 unspecified atom stereocenters. The van der Waals surface area contributed by atoms with Crippen molar-refractivity contribution in [3.8, 4) is 11.5 Å². The molecule has 2 aromatic carbocycles. The average molecular weight is 391 g/mol. The Morgan fingerprint density at radius 3 is 2.66 bits per heavy atom. The van der Waals surface area contributed by atoms with Crippen molar-refractivity contribution in [1.82, 2.24) is 15.1 Å². The van der Waals surface area contributed by atoms with Crippen LogP contribution in [0.1, 0.15) is 34.1 Å². The standard InChI is InChI=1S/C23H25N3O3/c1-28-20-7-9-21(10-8-20)29-14-12-19-15-22(25-24-19)18-11-13-26(16-18)23(27)17-5-3-2-4-6-17/h2-10,15,18H,11-14,16H2,1H3,(H,24,25)/t18-/m1/s1. The summed E-state index contributed by atoms with van der Waals surface area (Å²) in [5.74, 6) is 2.00. The van der Waals surface area contributed by atoms with Gasteiger partial charge in [0.25, 0.3) is 5.91 Å². The van der Waals surface area contributed by atoms with E-state index in [4.69, 9.17) is 9.47 Å². The summed E-state index contributed by atoms with van der Waals surface area (Å²) < 4.78 is 10.9. The van der Waals surface area contributed by atoms with E-state index in [1.165, 1.54) is 0 Å². The van der Waals surface area contributed by atoms with E-state index >= 15 is 0 Å². The Hall–Kier alpha value is -3.28. The Bertz CT molecular complexity index is 938. The van der Waals surface area contributed by atoms with Gasteiger partial charge in [-0.05, 0) is 48.9 Å². The molecule has 29 heavy (non-hydrogen) atoms. The molecule has 1 N–H and O–H groups in total. The van der Waals surface area contributed by atoms with E-state index < -0.39 is 0 Å². The number of ether oxygens (including phenoxy) is 2. The number of aromatic nitrogens is 2. The van der Waals surface area contributed by atoms with Gasteiger partial charge in [-0.25, -0.2) is 0 Å². The van der Waals surface area contributed by atoms with E-state index in [0.29, 0.717) is 13.2 Å². The maximum absolute atomic E-state index is 12.6. The zero-order chi connectivity index (χ0) is 20.1. The van der Waals surface area contributed by atoms with E-state index in [-0.39, 0.29) is 11.8 Å². The van der Waals surface area contributed by atoms with E-state index in [1.54, 1.807) is 7.11 Å². The first kappa shape index (κ1) is 19.1. The summed E-state index contributed by atoms with van der Waals surface area (Å²) in [5, 5.41) is 7.59. The number of amides is 1. The van der Waals surface area contributed by atoms with Crippen LogP contribution in [0.15, 0.2) is 60.7 Å². The topological polar surface area (TPSA) is 67.5 Å². The second-order valence-corrected chi connectivity index (χ2v) is 7.19. The molecule has 1 saturated heterocycles. The quantitative estimate of drug-likeness (QED) is 0.667. The van der Waals surface area contributed by atoms with Crippen LogP contribution < -0.4 is 9.47 Å². The van der Waals surface area contributed by atoms with Crippen molar-refractivity contribution < 1.29 is 14.3 Å². The molecule has 1 fully saturated rings. The predicted molar refractivity (Wildman–Crippen MR) is 110 cm³/mol. The number of methoxy groups -OCH3 is 1. The van der Waals surface area contributed by atoms with Gasteiger partial charge in [0.15, 0.2) is 0 Å². The number of nitrogens with one attached hydrogen (secondary N) is 1. The maximum Gasteiger partial charge on any atom is 0.253 e. The first-order chi connectivity index (χ1) is 14.2. The molecule has 6 heteroatoms. The SMILES string of the molecule is COc1ccc(OCCc2cc([C@@H]3CCN(C(=O)c4ccccc4)C3)n[nH]2)cc1. The Balaban J connectivity index is 1.28. The normalized spacial score (nSPS) is 16.0. The fourth-order valence-electron chi connectivity index (χ4n) is 3.62. The molecule has 0 bridgehead atoms. The van der Waals surface area contributed by atoms with Crippen molar-refractivity contribution in [2.24, 2.45) is 0 Å². The molecule has 2 heterocycles. The number of likely N-dealkylation sites (tertiary alicyclic amines) is 1. The van der Waals surface area contributed by atoms with Gasteiger partial charge < -0.3 is 14.4 Å². The molecule has 0 spiro atoms. The van der Waals surface area contributed by atoms with Gasteiger partial charge in [0.05, 0.1) is 19.4 Å². The van der Waals surface area contributed by atoms with Gasteiger partial charge in [0.1, 0.15) is 11.5 Å². The van der Waals surface area contributed by atoms with Crippen LogP contribution in [0, 0.1) is 0 Å². The number of H-pyrrole nitrogens is 1. The molecular formula is C23H25N3O3. The number of carbonyl (C=O) groups is 1. The monoisotopic (exact) mass is 391 g/mol. The van der Waals surface area contributed by atoms with Crippen molar-refractivity contribution in [3.05, 3.63) is 77.6 Å². The van der Waals surface area contributed by atoms with Crippen molar-refractivity contribution in [1.29, 1.82) is 0 Å². The number of hydrogen-bond acceptors (Lipinski definition) is 4. The molecule has 150 valence electrons. The summed E-state index contributed by atoms with van der Waals surface area (Å²) in [6.45, 7) is 2.04. The molecule has 1 aromatic heterocycles. The number of hydrogen-bond donors (Lipinski definition) is 1. The zero-order valence-electron chi connectivity index (χ0n) is 16.5. The smallest absolute Gasteiger partial charge is 0.253 e. The number of rotatable bonds is 7. The van der Waals surface area contributed by atoms with Crippen molar-refractivity contribution in [2.45, 2.75) is 18.8 Å². The highest BCUT2D eigenvalue weighted by molar-refractivity contribution is 5.94. The molecule has 6 nitrogen and oxygen atoms in total. The fourth-order valence-corrected chi connectivity index (χ4v) is 3.62. The lowest BCUT2D eigenvalue weighted by atomic mass is 10.0. The molecular weight excluding hydrogens is 366 g/mol. The molecule has 4 rings (SSSR count). The van der Waals surface area contributed by atoms with E-state index in [1.807, 2.05) is 59.5 Å². The Morgan fingerprint density at radius 1 is 1.14 bits per heavy atom. The highest BCUT2D eigenvalue weighted by Crippen LogP contribution is 2.27. The number of benzene rings is 2. The minimum atomic E-state index is 0.0942. The third-order valence-corrected chi connectivity index (χ3v) is 5.26. The number of nitrogens with zero attached hydrogens (tertiary/aromatic N) is 2. The molecule has 1 atom stereocenters. The molecule has 0 saturated carbocycles. The summed E-state index contributed by atoms with van der Waals surface area (Å²) in [5.41, 5.74) is 2.81.